The summed E-state index contributed by atoms with van der Waals surface area (Å²) in [7, 11) is 0. The fourth-order valence-electron chi connectivity index (χ4n) is 6.26. The van der Waals surface area contributed by atoms with Crippen molar-refractivity contribution >= 4 is 34.2 Å². The van der Waals surface area contributed by atoms with E-state index in [1.54, 1.807) is 0 Å². The molecule has 2 aliphatic rings. The van der Waals surface area contributed by atoms with Crippen molar-refractivity contribution in [3.63, 3.8) is 0 Å². The predicted molar refractivity (Wildman–Crippen MR) is 168 cm³/mol. The number of carbonyl (C=O) groups is 2. The average Bonchev–Trinajstić information content (AvgIpc) is 3.16. The Morgan fingerprint density at radius 1 is 1.00 bits per heavy atom. The predicted octanol–water partition coefficient (Wildman–Crippen LogP) is 5.85. The number of hydrogen-bond donors (Lipinski definition) is 2. The second-order valence-corrected chi connectivity index (χ2v) is 12.0. The Bertz CT molecular complexity index is 1310. The first-order valence-corrected chi connectivity index (χ1v) is 15.7. The van der Waals surface area contributed by atoms with Gasteiger partial charge in [-0.05, 0) is 85.8 Å². The first kappa shape index (κ1) is 29.6. The normalized spacial score (nSPS) is 21.0. The van der Waals surface area contributed by atoms with Crippen molar-refractivity contribution in [2.75, 3.05) is 39.3 Å². The molecule has 3 aromatic carbocycles. The Morgan fingerprint density at radius 3 is 2.54 bits per heavy atom. The zero-order valence-corrected chi connectivity index (χ0v) is 24.9. The number of halogens is 1. The van der Waals surface area contributed by atoms with Crippen LogP contribution >= 0.6 is 11.6 Å². The van der Waals surface area contributed by atoms with Crippen molar-refractivity contribution in [3.05, 3.63) is 82.9 Å². The van der Waals surface area contributed by atoms with E-state index >= 15 is 0 Å². The first-order valence-electron chi connectivity index (χ1n) is 15.3. The van der Waals surface area contributed by atoms with Crippen molar-refractivity contribution < 1.29 is 9.59 Å². The van der Waals surface area contributed by atoms with Gasteiger partial charge in [-0.15, -0.1) is 0 Å². The highest BCUT2D eigenvalue weighted by molar-refractivity contribution is 6.31. The van der Waals surface area contributed by atoms with Crippen LogP contribution in [0.1, 0.15) is 67.3 Å². The molecule has 3 atom stereocenters. The van der Waals surface area contributed by atoms with E-state index in [0.29, 0.717) is 29.6 Å². The van der Waals surface area contributed by atoms with E-state index in [1.165, 1.54) is 24.8 Å². The van der Waals surface area contributed by atoms with Crippen LogP contribution in [0, 0.1) is 0 Å². The van der Waals surface area contributed by atoms with Crippen molar-refractivity contribution in [1.82, 2.24) is 20.4 Å². The monoisotopic (exact) mass is 574 g/mol. The SMILES string of the molecule is CC[C@@H](CN1CC[C@@H](CNC(=O)c2ccc3cc(Cl)ccc3c2)N[C@@H](CCN2CCCCC2)C1=O)c1ccccc1. The number of nitrogens with zero attached hydrogens (tertiary/aromatic N) is 2. The van der Waals surface area contributed by atoms with E-state index in [4.69, 9.17) is 11.6 Å². The Balaban J connectivity index is 1.26. The van der Waals surface area contributed by atoms with E-state index in [1.807, 2.05) is 42.5 Å². The van der Waals surface area contributed by atoms with Gasteiger partial charge in [0.25, 0.3) is 5.91 Å². The van der Waals surface area contributed by atoms with E-state index in [-0.39, 0.29) is 23.9 Å². The van der Waals surface area contributed by atoms with Crippen LogP contribution in [0.4, 0.5) is 0 Å². The molecule has 2 fully saturated rings. The molecule has 5 rings (SSSR count). The minimum atomic E-state index is -0.250. The lowest BCUT2D eigenvalue weighted by Gasteiger charge is -2.31. The second kappa shape index (κ2) is 14.3. The van der Waals surface area contributed by atoms with Crippen LogP contribution in [0.25, 0.3) is 10.8 Å². The molecule has 0 spiro atoms. The number of amides is 2. The topological polar surface area (TPSA) is 64.7 Å². The lowest BCUT2D eigenvalue weighted by atomic mass is 9.95. The van der Waals surface area contributed by atoms with Gasteiger partial charge in [0, 0.05) is 48.7 Å². The Hall–Kier alpha value is -2.93. The zero-order chi connectivity index (χ0) is 28.6. The summed E-state index contributed by atoms with van der Waals surface area (Å²) in [6.45, 7) is 7.25. The summed E-state index contributed by atoms with van der Waals surface area (Å²) in [6.07, 6.45) is 6.35. The van der Waals surface area contributed by atoms with Crippen LogP contribution in [0.15, 0.2) is 66.7 Å². The number of hydrogen-bond acceptors (Lipinski definition) is 4. The molecule has 41 heavy (non-hydrogen) atoms. The smallest absolute Gasteiger partial charge is 0.251 e. The van der Waals surface area contributed by atoms with Gasteiger partial charge < -0.3 is 20.4 Å². The third-order valence-electron chi connectivity index (χ3n) is 8.75. The second-order valence-electron chi connectivity index (χ2n) is 11.6. The number of likely N-dealkylation sites (tertiary alicyclic amines) is 1. The molecule has 2 N–H and O–H groups in total. The number of nitrogens with one attached hydrogen (secondary N) is 2. The van der Waals surface area contributed by atoms with Gasteiger partial charge in [-0.1, -0.05) is 67.4 Å². The molecule has 0 bridgehead atoms. The molecule has 2 aliphatic heterocycles. The van der Waals surface area contributed by atoms with Crippen LogP contribution in [-0.2, 0) is 4.79 Å². The molecule has 218 valence electrons. The van der Waals surface area contributed by atoms with Crippen molar-refractivity contribution in [1.29, 1.82) is 0 Å². The summed E-state index contributed by atoms with van der Waals surface area (Å²) in [5.74, 6) is 0.399. The molecule has 0 aromatic heterocycles. The summed E-state index contributed by atoms with van der Waals surface area (Å²) in [5.41, 5.74) is 1.91. The number of piperidine rings is 1. The lowest BCUT2D eigenvalue weighted by Crippen LogP contribution is -2.50. The largest absolute Gasteiger partial charge is 0.350 e. The van der Waals surface area contributed by atoms with Gasteiger partial charge in [-0.25, -0.2) is 0 Å². The molecule has 0 aliphatic carbocycles. The Labute approximate surface area is 249 Å². The minimum absolute atomic E-state index is 0.0234. The summed E-state index contributed by atoms with van der Waals surface area (Å²) >= 11 is 6.12. The average molecular weight is 575 g/mol. The third-order valence-corrected chi connectivity index (χ3v) is 8.99. The van der Waals surface area contributed by atoms with Crippen LogP contribution in [0.2, 0.25) is 5.02 Å². The molecule has 0 radical (unpaired) electrons. The summed E-state index contributed by atoms with van der Waals surface area (Å²) in [5, 5.41) is 9.48. The highest BCUT2D eigenvalue weighted by atomic mass is 35.5. The third kappa shape index (κ3) is 7.88. The van der Waals surface area contributed by atoms with Crippen molar-refractivity contribution in [3.8, 4) is 0 Å². The van der Waals surface area contributed by atoms with Gasteiger partial charge in [0.05, 0.1) is 6.04 Å². The quantitative estimate of drug-likeness (QED) is 0.319. The molecule has 2 saturated heterocycles. The molecular formula is C34H43ClN4O2. The van der Waals surface area contributed by atoms with Crippen molar-refractivity contribution in [2.45, 2.75) is 63.5 Å². The van der Waals surface area contributed by atoms with Crippen LogP contribution in [0.5, 0.6) is 0 Å². The number of rotatable bonds is 10. The standard InChI is InChI=1S/C34H43ClN4O2/c1-2-25(26-9-5-3-6-10-26)24-39-20-15-31(37-32(34(39)41)16-19-38-17-7-4-8-18-38)23-36-33(40)29-12-11-28-22-30(35)14-13-27(28)21-29/h3,5-6,9-14,21-22,25,31-32,37H,2,4,7-8,15-20,23-24H2,1H3,(H,36,40)/t25-,31-,32-/m0/s1. The van der Waals surface area contributed by atoms with Gasteiger partial charge in [0.1, 0.15) is 0 Å². The van der Waals surface area contributed by atoms with Crippen LogP contribution in [-0.4, -0.2) is 73.0 Å². The number of fused-ring (bicyclic) bond motifs is 1. The van der Waals surface area contributed by atoms with Crippen molar-refractivity contribution in [2.24, 2.45) is 0 Å². The molecule has 0 saturated carbocycles. The van der Waals surface area contributed by atoms with Gasteiger partial charge in [-0.3, -0.25) is 9.59 Å². The van der Waals surface area contributed by atoms with Gasteiger partial charge >= 0.3 is 0 Å². The number of carbonyl (C=O) groups excluding carboxylic acids is 2. The molecule has 3 aromatic rings. The van der Waals surface area contributed by atoms with Gasteiger partial charge in [-0.2, -0.15) is 0 Å². The molecule has 6 nitrogen and oxygen atoms in total. The van der Waals surface area contributed by atoms with E-state index in [0.717, 1.165) is 56.2 Å². The van der Waals surface area contributed by atoms with E-state index in [2.05, 4.69) is 51.6 Å². The summed E-state index contributed by atoms with van der Waals surface area (Å²) in [6, 6.07) is 21.7. The molecule has 7 heteroatoms. The molecule has 2 amide bonds. The maximum absolute atomic E-state index is 13.9. The fraction of sp³-hybridized carbons (Fsp3) is 0.471. The molecule has 0 unspecified atom stereocenters. The van der Waals surface area contributed by atoms with E-state index in [9.17, 15) is 9.59 Å². The fourth-order valence-corrected chi connectivity index (χ4v) is 6.44. The maximum atomic E-state index is 13.9. The minimum Gasteiger partial charge on any atom is -0.350 e. The molecular weight excluding hydrogens is 532 g/mol. The Morgan fingerprint density at radius 2 is 1.76 bits per heavy atom. The molecule has 2 heterocycles. The maximum Gasteiger partial charge on any atom is 0.251 e. The summed E-state index contributed by atoms with van der Waals surface area (Å²) < 4.78 is 0. The Kier molecular flexibility index (Phi) is 10.3. The van der Waals surface area contributed by atoms with Crippen LogP contribution < -0.4 is 10.6 Å². The lowest BCUT2D eigenvalue weighted by molar-refractivity contribution is -0.133. The highest BCUT2D eigenvalue weighted by Crippen LogP contribution is 2.24. The van der Waals surface area contributed by atoms with Gasteiger partial charge in [0.2, 0.25) is 5.91 Å². The zero-order valence-electron chi connectivity index (χ0n) is 24.2. The van der Waals surface area contributed by atoms with E-state index < -0.39 is 0 Å². The highest BCUT2D eigenvalue weighted by Gasteiger charge is 2.32. The summed E-state index contributed by atoms with van der Waals surface area (Å²) in [4.78, 5) is 31.6. The van der Waals surface area contributed by atoms with Crippen LogP contribution in [0.3, 0.4) is 0 Å². The van der Waals surface area contributed by atoms with Gasteiger partial charge in [0.15, 0.2) is 0 Å². The first-order chi connectivity index (χ1) is 20.0. The number of benzene rings is 3.